The second-order valence-corrected chi connectivity index (χ2v) is 6.77. The van der Waals surface area contributed by atoms with E-state index in [0.717, 1.165) is 29.8 Å². The van der Waals surface area contributed by atoms with Crippen LogP contribution in [-0.4, -0.2) is 33.7 Å². The van der Waals surface area contributed by atoms with Crippen LogP contribution in [0.25, 0.3) is 0 Å². The normalized spacial score (nSPS) is 15.6. The lowest BCUT2D eigenvalue weighted by molar-refractivity contribution is -0.123. The van der Waals surface area contributed by atoms with Gasteiger partial charge in [-0.2, -0.15) is 0 Å². The summed E-state index contributed by atoms with van der Waals surface area (Å²) in [5.41, 5.74) is 4.23. The van der Waals surface area contributed by atoms with Crippen LogP contribution in [0.4, 0.5) is 0 Å². The topological polar surface area (TPSA) is 70.1 Å². The van der Waals surface area contributed by atoms with Gasteiger partial charge in [0.2, 0.25) is 5.91 Å². The molecule has 1 aliphatic rings. The zero-order chi connectivity index (χ0) is 18.0. The number of hydrogen-bond donors (Lipinski definition) is 2. The predicted octanol–water partition coefficient (Wildman–Crippen LogP) is 1.51. The SMILES string of the molecule is CCc1ccc(C(C)NC(=O)CN2CCc3c(n(C)[nH]c3=O)C2)cc1. The van der Waals surface area contributed by atoms with Crippen LogP contribution in [0, 0.1) is 0 Å². The van der Waals surface area contributed by atoms with Crippen molar-refractivity contribution in [3.8, 4) is 0 Å². The van der Waals surface area contributed by atoms with E-state index in [1.165, 1.54) is 5.56 Å². The average molecular weight is 342 g/mol. The van der Waals surface area contributed by atoms with E-state index in [0.29, 0.717) is 19.5 Å². The molecular weight excluding hydrogens is 316 g/mol. The van der Waals surface area contributed by atoms with Crippen molar-refractivity contribution in [2.24, 2.45) is 7.05 Å². The summed E-state index contributed by atoms with van der Waals surface area (Å²) < 4.78 is 1.76. The van der Waals surface area contributed by atoms with Crippen molar-refractivity contribution in [1.82, 2.24) is 20.0 Å². The molecule has 1 aromatic carbocycles. The largest absolute Gasteiger partial charge is 0.348 e. The lowest BCUT2D eigenvalue weighted by Gasteiger charge is -2.27. The standard InChI is InChI=1S/C19H26N4O2/c1-4-14-5-7-15(8-6-14)13(2)20-18(24)12-23-10-9-16-17(11-23)22(3)21-19(16)25/h5-8,13H,4,9-12H2,1-3H3,(H,20,24)(H,21,25). The quantitative estimate of drug-likeness (QED) is 0.865. The lowest BCUT2D eigenvalue weighted by atomic mass is 10.0. The monoisotopic (exact) mass is 342 g/mol. The van der Waals surface area contributed by atoms with Crippen LogP contribution in [0.2, 0.25) is 0 Å². The number of nitrogens with zero attached hydrogens (tertiary/aromatic N) is 2. The maximum absolute atomic E-state index is 12.4. The Labute approximate surface area is 147 Å². The van der Waals surface area contributed by atoms with Gasteiger partial charge in [0.1, 0.15) is 0 Å². The van der Waals surface area contributed by atoms with Crippen LogP contribution in [0.5, 0.6) is 0 Å². The first kappa shape index (κ1) is 17.5. The molecule has 1 atom stereocenters. The van der Waals surface area contributed by atoms with E-state index in [-0.39, 0.29) is 17.5 Å². The maximum atomic E-state index is 12.4. The third kappa shape index (κ3) is 3.85. The Morgan fingerprint density at radius 2 is 2.04 bits per heavy atom. The molecule has 2 heterocycles. The molecule has 3 rings (SSSR count). The van der Waals surface area contributed by atoms with Crippen molar-refractivity contribution in [3.63, 3.8) is 0 Å². The van der Waals surface area contributed by atoms with E-state index in [4.69, 9.17) is 0 Å². The fourth-order valence-corrected chi connectivity index (χ4v) is 3.39. The number of aryl methyl sites for hydroxylation is 2. The second kappa shape index (κ2) is 7.27. The highest BCUT2D eigenvalue weighted by Gasteiger charge is 2.23. The number of rotatable bonds is 5. The van der Waals surface area contributed by atoms with Gasteiger partial charge in [-0.25, -0.2) is 0 Å². The van der Waals surface area contributed by atoms with Gasteiger partial charge in [-0.3, -0.25) is 24.3 Å². The van der Waals surface area contributed by atoms with Crippen molar-refractivity contribution >= 4 is 5.91 Å². The number of carbonyl (C=O) groups excluding carboxylic acids is 1. The number of hydrogen-bond acceptors (Lipinski definition) is 3. The van der Waals surface area contributed by atoms with E-state index < -0.39 is 0 Å². The molecule has 0 spiro atoms. The number of aromatic nitrogens is 2. The Morgan fingerprint density at radius 3 is 2.72 bits per heavy atom. The van der Waals surface area contributed by atoms with E-state index in [1.54, 1.807) is 4.68 Å². The number of amides is 1. The molecule has 6 heteroatoms. The van der Waals surface area contributed by atoms with Gasteiger partial charge in [0.25, 0.3) is 5.56 Å². The number of fused-ring (bicyclic) bond motifs is 1. The minimum absolute atomic E-state index is 0.00856. The van der Waals surface area contributed by atoms with Crippen LogP contribution in [-0.2, 0) is 31.2 Å². The molecule has 2 N–H and O–H groups in total. The van der Waals surface area contributed by atoms with Crippen LogP contribution in [0.3, 0.4) is 0 Å². The summed E-state index contributed by atoms with van der Waals surface area (Å²) in [6, 6.07) is 8.35. The number of benzene rings is 1. The first-order valence-electron chi connectivity index (χ1n) is 8.85. The Morgan fingerprint density at radius 1 is 1.32 bits per heavy atom. The van der Waals surface area contributed by atoms with Crippen molar-refractivity contribution in [2.75, 3.05) is 13.1 Å². The van der Waals surface area contributed by atoms with Gasteiger partial charge in [-0.05, 0) is 30.9 Å². The second-order valence-electron chi connectivity index (χ2n) is 6.77. The molecule has 1 aliphatic heterocycles. The highest BCUT2D eigenvalue weighted by molar-refractivity contribution is 5.78. The fourth-order valence-electron chi connectivity index (χ4n) is 3.39. The average Bonchev–Trinajstić information content (AvgIpc) is 2.88. The first-order chi connectivity index (χ1) is 12.0. The van der Waals surface area contributed by atoms with E-state index in [9.17, 15) is 9.59 Å². The molecular formula is C19H26N4O2. The molecule has 134 valence electrons. The molecule has 0 saturated carbocycles. The molecule has 0 aliphatic carbocycles. The molecule has 6 nitrogen and oxygen atoms in total. The van der Waals surface area contributed by atoms with Crippen molar-refractivity contribution < 1.29 is 4.79 Å². The minimum Gasteiger partial charge on any atom is -0.348 e. The molecule has 25 heavy (non-hydrogen) atoms. The Hall–Kier alpha value is -2.34. The highest BCUT2D eigenvalue weighted by atomic mass is 16.2. The molecule has 1 amide bonds. The zero-order valence-corrected chi connectivity index (χ0v) is 15.1. The molecule has 1 unspecified atom stereocenters. The fraction of sp³-hybridized carbons (Fsp3) is 0.474. The summed E-state index contributed by atoms with van der Waals surface area (Å²) in [4.78, 5) is 26.3. The van der Waals surface area contributed by atoms with E-state index in [2.05, 4.69) is 46.5 Å². The van der Waals surface area contributed by atoms with Crippen LogP contribution < -0.4 is 10.9 Å². The maximum Gasteiger partial charge on any atom is 0.267 e. The predicted molar refractivity (Wildman–Crippen MR) is 97.4 cm³/mol. The summed E-state index contributed by atoms with van der Waals surface area (Å²) in [5, 5.41) is 5.86. The van der Waals surface area contributed by atoms with Crippen molar-refractivity contribution in [1.29, 1.82) is 0 Å². The summed E-state index contributed by atoms with van der Waals surface area (Å²) in [6.45, 7) is 5.83. The molecule has 2 aromatic rings. The molecule has 0 radical (unpaired) electrons. The summed E-state index contributed by atoms with van der Waals surface area (Å²) in [5.74, 6) is 0.0102. The summed E-state index contributed by atoms with van der Waals surface area (Å²) >= 11 is 0. The van der Waals surface area contributed by atoms with Gasteiger partial charge in [-0.15, -0.1) is 0 Å². The van der Waals surface area contributed by atoms with Crippen molar-refractivity contribution in [2.45, 2.75) is 39.3 Å². The van der Waals surface area contributed by atoms with E-state index >= 15 is 0 Å². The third-order valence-corrected chi connectivity index (χ3v) is 4.98. The molecule has 0 fully saturated rings. The van der Waals surface area contributed by atoms with Gasteiger partial charge < -0.3 is 5.32 Å². The van der Waals surface area contributed by atoms with Crippen LogP contribution in [0.15, 0.2) is 29.1 Å². The number of carbonyl (C=O) groups is 1. The van der Waals surface area contributed by atoms with Gasteiger partial charge in [0.05, 0.1) is 18.3 Å². The van der Waals surface area contributed by atoms with Gasteiger partial charge in [0, 0.05) is 25.7 Å². The molecule has 0 bridgehead atoms. The van der Waals surface area contributed by atoms with Crippen LogP contribution in [0.1, 0.15) is 42.3 Å². The Kier molecular flexibility index (Phi) is 5.08. The summed E-state index contributed by atoms with van der Waals surface area (Å²) in [7, 11) is 1.84. The number of nitrogens with one attached hydrogen (secondary N) is 2. The van der Waals surface area contributed by atoms with Gasteiger partial charge >= 0.3 is 0 Å². The van der Waals surface area contributed by atoms with Gasteiger partial charge in [0.15, 0.2) is 0 Å². The number of aromatic amines is 1. The van der Waals surface area contributed by atoms with E-state index in [1.807, 2.05) is 14.0 Å². The third-order valence-electron chi connectivity index (χ3n) is 4.98. The molecule has 1 aromatic heterocycles. The Balaban J connectivity index is 1.57. The highest BCUT2D eigenvalue weighted by Crippen LogP contribution is 2.16. The van der Waals surface area contributed by atoms with Gasteiger partial charge in [-0.1, -0.05) is 31.2 Å². The summed E-state index contributed by atoms with van der Waals surface area (Å²) in [6.07, 6.45) is 1.70. The van der Waals surface area contributed by atoms with Crippen molar-refractivity contribution in [3.05, 3.63) is 57.0 Å². The first-order valence-corrected chi connectivity index (χ1v) is 8.85. The lowest BCUT2D eigenvalue weighted by Crippen LogP contribution is -2.41. The zero-order valence-electron chi connectivity index (χ0n) is 15.1. The smallest absolute Gasteiger partial charge is 0.267 e. The van der Waals surface area contributed by atoms with Crippen LogP contribution >= 0.6 is 0 Å². The molecule has 0 saturated heterocycles. The number of H-pyrrole nitrogens is 1. The Bertz CT molecular complexity index is 804. The minimum atomic E-state index is -0.0182.